The van der Waals surface area contributed by atoms with Crippen LogP contribution in [0.2, 0.25) is 0 Å². The van der Waals surface area contributed by atoms with Crippen LogP contribution < -0.4 is 20.9 Å². The average molecular weight is 651 g/mol. The Kier molecular flexibility index (Phi) is 9.73. The molecule has 0 radical (unpaired) electrons. The smallest absolute Gasteiger partial charge is 0.459 e. The van der Waals surface area contributed by atoms with E-state index in [1.807, 2.05) is 24.3 Å². The van der Waals surface area contributed by atoms with Crippen molar-refractivity contribution in [1.29, 1.82) is 0 Å². The molecule has 1 aromatic heterocycles. The molecule has 0 saturated carbocycles. The lowest BCUT2D eigenvalue weighted by atomic mass is 9.93. The number of nitrogens with one attached hydrogen (secondary N) is 2. The normalized spacial score (nSPS) is 22.8. The van der Waals surface area contributed by atoms with Crippen LogP contribution in [-0.4, -0.2) is 51.0 Å². The molecule has 5 rings (SSSR count). The molecular weight excluding hydrogens is 619 g/mol. The van der Waals surface area contributed by atoms with Gasteiger partial charge in [0.1, 0.15) is 30.0 Å². The van der Waals surface area contributed by atoms with Crippen molar-refractivity contribution in [2.24, 2.45) is 5.11 Å². The zero-order valence-corrected chi connectivity index (χ0v) is 25.7. The maximum absolute atomic E-state index is 14.3. The molecule has 0 amide bonds. The number of hydrogen-bond acceptors (Lipinski definition) is 10. The largest absolute Gasteiger partial charge is 0.460 e. The number of aromatic amines is 1. The van der Waals surface area contributed by atoms with E-state index in [4.69, 9.17) is 18.5 Å². The number of aromatic nitrogens is 2. The monoisotopic (exact) mass is 650 g/mol. The molecule has 0 spiro atoms. The van der Waals surface area contributed by atoms with Crippen LogP contribution in [0.1, 0.15) is 25.6 Å². The van der Waals surface area contributed by atoms with Crippen molar-refractivity contribution < 1.29 is 33.0 Å². The minimum atomic E-state index is -4.46. The van der Waals surface area contributed by atoms with Crippen LogP contribution in [0, 0.1) is 0 Å². The summed E-state index contributed by atoms with van der Waals surface area (Å²) in [4.78, 5) is 42.0. The summed E-state index contributed by atoms with van der Waals surface area (Å²) >= 11 is 0. The summed E-state index contributed by atoms with van der Waals surface area (Å²) < 4.78 is 38.3. The van der Waals surface area contributed by atoms with Crippen molar-refractivity contribution in [3.05, 3.63) is 122 Å². The van der Waals surface area contributed by atoms with Crippen molar-refractivity contribution >= 4 is 24.5 Å². The summed E-state index contributed by atoms with van der Waals surface area (Å²) in [6, 6.07) is 21.2. The molecule has 240 valence electrons. The van der Waals surface area contributed by atoms with E-state index in [-0.39, 0.29) is 12.4 Å². The van der Waals surface area contributed by atoms with Gasteiger partial charge in [0.05, 0.1) is 12.7 Å². The molecule has 1 saturated heterocycles. The number of fused-ring (bicyclic) bond motifs is 1. The molecule has 0 bridgehead atoms. The number of carbonyl (C=O) groups excluding carboxylic acids is 1. The Morgan fingerprint density at radius 2 is 1.87 bits per heavy atom. The van der Waals surface area contributed by atoms with Crippen LogP contribution in [0.4, 0.5) is 0 Å². The van der Waals surface area contributed by atoms with Gasteiger partial charge in [0, 0.05) is 22.6 Å². The highest BCUT2D eigenvalue weighted by Gasteiger charge is 2.55. The van der Waals surface area contributed by atoms with Gasteiger partial charge in [0.25, 0.3) is 5.56 Å². The lowest BCUT2D eigenvalue weighted by molar-refractivity contribution is -0.146. The van der Waals surface area contributed by atoms with E-state index in [9.17, 15) is 29.6 Å². The van der Waals surface area contributed by atoms with E-state index >= 15 is 0 Å². The molecule has 4 aromatic rings. The Morgan fingerprint density at radius 1 is 1.15 bits per heavy atom. The zero-order valence-electron chi connectivity index (χ0n) is 24.8. The number of aliphatic hydroxyl groups excluding tert-OH is 1. The lowest BCUT2D eigenvalue weighted by Gasteiger charge is -2.28. The molecule has 46 heavy (non-hydrogen) atoms. The van der Waals surface area contributed by atoms with Gasteiger partial charge in [0.15, 0.2) is 6.23 Å². The van der Waals surface area contributed by atoms with Crippen molar-refractivity contribution in [1.82, 2.24) is 14.6 Å². The Hall–Kier alpha value is -4.75. The Morgan fingerprint density at radius 3 is 2.61 bits per heavy atom. The maximum Gasteiger partial charge on any atom is 0.459 e. The maximum atomic E-state index is 14.3. The molecule has 0 aliphatic carbocycles. The molecule has 1 unspecified atom stereocenters. The molecule has 2 heterocycles. The minimum Gasteiger partial charge on any atom is -0.460 e. The Bertz CT molecular complexity index is 1920. The predicted octanol–water partition coefficient (Wildman–Crippen LogP) is 3.94. The van der Waals surface area contributed by atoms with Crippen molar-refractivity contribution in [2.45, 2.75) is 50.5 Å². The first-order valence-corrected chi connectivity index (χ1v) is 15.7. The average Bonchev–Trinajstić information content (AvgIpc) is 3.28. The molecule has 1 fully saturated rings. The van der Waals surface area contributed by atoms with Crippen molar-refractivity contribution in [3.63, 3.8) is 0 Å². The second-order valence-corrected chi connectivity index (χ2v) is 12.4. The topological polar surface area (TPSA) is 207 Å². The van der Waals surface area contributed by atoms with Gasteiger partial charge in [-0.25, -0.2) is 9.36 Å². The molecule has 1 aliphatic heterocycles. The number of carbonyl (C=O) groups is 1. The summed E-state index contributed by atoms with van der Waals surface area (Å²) in [7, 11) is -4.46. The van der Waals surface area contributed by atoms with Gasteiger partial charge in [-0.05, 0) is 36.4 Å². The van der Waals surface area contributed by atoms with Gasteiger partial charge in [-0.3, -0.25) is 23.7 Å². The summed E-state index contributed by atoms with van der Waals surface area (Å²) in [5, 5.41) is 18.9. The van der Waals surface area contributed by atoms with Gasteiger partial charge in [-0.2, -0.15) is 5.09 Å². The number of hydrogen-bond donors (Lipinski definition) is 3. The van der Waals surface area contributed by atoms with E-state index in [1.165, 1.54) is 13.8 Å². The molecule has 1 aliphatic rings. The van der Waals surface area contributed by atoms with Crippen LogP contribution in [0.25, 0.3) is 21.2 Å². The predicted molar refractivity (Wildman–Crippen MR) is 166 cm³/mol. The number of benzene rings is 3. The van der Waals surface area contributed by atoms with Gasteiger partial charge < -0.3 is 19.1 Å². The van der Waals surface area contributed by atoms with Crippen LogP contribution >= 0.6 is 7.75 Å². The fourth-order valence-electron chi connectivity index (χ4n) is 5.00. The highest BCUT2D eigenvalue weighted by molar-refractivity contribution is 7.52. The minimum absolute atomic E-state index is 0.0212. The number of nitrogens with zero attached hydrogens (tertiary/aromatic N) is 4. The van der Waals surface area contributed by atoms with Crippen LogP contribution in [0.3, 0.4) is 0 Å². The second-order valence-electron chi connectivity index (χ2n) is 10.7. The van der Waals surface area contributed by atoms with E-state index in [0.717, 1.165) is 27.8 Å². The van der Waals surface area contributed by atoms with Gasteiger partial charge in [-0.1, -0.05) is 71.8 Å². The summed E-state index contributed by atoms with van der Waals surface area (Å²) in [5.41, 5.74) is 6.70. The van der Waals surface area contributed by atoms with Crippen LogP contribution in [0.15, 0.2) is 99.8 Å². The van der Waals surface area contributed by atoms with Gasteiger partial charge in [0.2, 0.25) is 0 Å². The second kappa shape index (κ2) is 13.7. The summed E-state index contributed by atoms with van der Waals surface area (Å²) in [5.74, 6) is -0.553. The SMILES string of the molecule is C[C@H](NP(=O)(OC[C@H]1O[C@H](n2ccc(=O)[nH]c2=O)[C@](C)(N=[N+]=[N-])[C@@H]1O)Oc1cccc2ccccc12)C(=O)OCc1ccccc1. The number of esters is 1. The van der Waals surface area contributed by atoms with E-state index in [1.54, 1.807) is 48.5 Å². The highest BCUT2D eigenvalue weighted by Crippen LogP contribution is 2.48. The fraction of sp³-hybridized carbons (Fsp3) is 0.300. The van der Waals surface area contributed by atoms with Gasteiger partial charge >= 0.3 is 19.4 Å². The number of aliphatic hydroxyl groups is 1. The lowest BCUT2D eigenvalue weighted by Crippen LogP contribution is -2.45. The van der Waals surface area contributed by atoms with Crippen LogP contribution in [0.5, 0.6) is 5.75 Å². The van der Waals surface area contributed by atoms with E-state index in [0.29, 0.717) is 5.39 Å². The van der Waals surface area contributed by atoms with Gasteiger partial charge in [-0.15, -0.1) is 0 Å². The molecule has 15 nitrogen and oxygen atoms in total. The number of azide groups is 1. The number of H-pyrrole nitrogens is 1. The van der Waals surface area contributed by atoms with Crippen molar-refractivity contribution in [3.8, 4) is 5.75 Å². The van der Waals surface area contributed by atoms with E-state index in [2.05, 4.69) is 20.1 Å². The van der Waals surface area contributed by atoms with Crippen LogP contribution in [-0.2, 0) is 30.0 Å². The third kappa shape index (κ3) is 7.05. The number of ether oxygens (including phenoxy) is 2. The first-order chi connectivity index (χ1) is 22.0. The molecule has 3 N–H and O–H groups in total. The Balaban J connectivity index is 1.40. The first kappa shape index (κ1) is 32.6. The fourth-order valence-corrected chi connectivity index (χ4v) is 6.53. The molecule has 16 heteroatoms. The standard InChI is InChI=1S/C30H31N6O9P/c1-19(27(39)42-17-20-9-4-3-5-10-20)33-46(41,45-23-14-8-12-21-11-6-7-13-22(21)23)43-18-24-26(38)30(2,34-35-31)28(44-24)36-16-15-25(37)32-29(36)40/h3-16,19,24,26,28,38H,17-18H2,1-2H3,(H,33,41)(H,32,37,40)/t19-,24+,26+,28-,30+,46?/m0/s1. The molecule has 6 atom stereocenters. The molecule has 3 aromatic carbocycles. The third-order valence-corrected chi connectivity index (χ3v) is 9.05. The molecular formula is C30H31N6O9P. The third-order valence-electron chi connectivity index (χ3n) is 7.42. The number of rotatable bonds is 12. The first-order valence-electron chi connectivity index (χ1n) is 14.1. The van der Waals surface area contributed by atoms with E-state index < -0.39 is 61.6 Å². The highest BCUT2D eigenvalue weighted by atomic mass is 31.2. The zero-order chi connectivity index (χ0) is 32.9. The Labute approximate surface area is 261 Å². The summed E-state index contributed by atoms with van der Waals surface area (Å²) in [6.07, 6.45) is -3.14. The summed E-state index contributed by atoms with van der Waals surface area (Å²) in [6.45, 7) is 2.16. The van der Waals surface area contributed by atoms with Crippen molar-refractivity contribution in [2.75, 3.05) is 6.61 Å². The quantitative estimate of drug-likeness (QED) is 0.0661.